The minimum absolute atomic E-state index is 0.141. The fourth-order valence-electron chi connectivity index (χ4n) is 2.03. The first kappa shape index (κ1) is 13.3. The third-order valence-electron chi connectivity index (χ3n) is 3.01. The predicted molar refractivity (Wildman–Crippen MR) is 76.1 cm³/mol. The third kappa shape index (κ3) is 3.94. The van der Waals surface area contributed by atoms with Crippen molar-refractivity contribution in [3.05, 3.63) is 71.5 Å². The van der Waals surface area contributed by atoms with Crippen LogP contribution in [0.15, 0.2) is 54.6 Å². The largest absolute Gasteiger partial charge is 0.299 e. The van der Waals surface area contributed by atoms with Crippen molar-refractivity contribution in [3.8, 4) is 12.3 Å². The van der Waals surface area contributed by atoms with Gasteiger partial charge >= 0.3 is 0 Å². The van der Waals surface area contributed by atoms with Gasteiger partial charge in [0.05, 0.1) is 6.54 Å². The Morgan fingerprint density at radius 3 is 2.37 bits per heavy atom. The molecule has 2 rings (SSSR count). The highest BCUT2D eigenvalue weighted by atomic mass is 19.1. The molecule has 0 amide bonds. The molecule has 0 aliphatic carbocycles. The Hall–Kier alpha value is -2.11. The SMILES string of the molecule is C#CCNC(Cc1ccc(F)cc1)c1ccccc1. The van der Waals surface area contributed by atoms with Gasteiger partial charge in [0.2, 0.25) is 0 Å². The maximum atomic E-state index is 12.9. The second-order valence-corrected chi connectivity index (χ2v) is 4.38. The number of benzene rings is 2. The minimum atomic E-state index is -0.211. The summed E-state index contributed by atoms with van der Waals surface area (Å²) in [5.41, 5.74) is 2.27. The lowest BCUT2D eigenvalue weighted by Gasteiger charge is -2.18. The monoisotopic (exact) mass is 253 g/mol. The molecule has 1 N–H and O–H groups in total. The average molecular weight is 253 g/mol. The van der Waals surface area contributed by atoms with Crippen LogP contribution in [-0.4, -0.2) is 6.54 Å². The van der Waals surface area contributed by atoms with Crippen LogP contribution in [0.3, 0.4) is 0 Å². The summed E-state index contributed by atoms with van der Waals surface area (Å²) in [7, 11) is 0. The van der Waals surface area contributed by atoms with Gasteiger partial charge in [-0.1, -0.05) is 48.4 Å². The Balaban J connectivity index is 2.14. The van der Waals surface area contributed by atoms with Crippen molar-refractivity contribution < 1.29 is 4.39 Å². The molecule has 0 aliphatic heterocycles. The number of hydrogen-bond donors (Lipinski definition) is 1. The van der Waals surface area contributed by atoms with E-state index in [0.717, 1.165) is 12.0 Å². The van der Waals surface area contributed by atoms with Crippen LogP contribution in [0.4, 0.5) is 4.39 Å². The molecule has 1 atom stereocenters. The second-order valence-electron chi connectivity index (χ2n) is 4.38. The first-order valence-electron chi connectivity index (χ1n) is 6.26. The molecular formula is C17H16FN. The molecule has 2 aromatic rings. The Kier molecular flexibility index (Phi) is 4.72. The van der Waals surface area contributed by atoms with Gasteiger partial charge in [-0.2, -0.15) is 0 Å². The van der Waals surface area contributed by atoms with E-state index in [9.17, 15) is 4.39 Å². The molecule has 2 aromatic carbocycles. The summed E-state index contributed by atoms with van der Waals surface area (Å²) in [6.07, 6.45) is 6.09. The maximum absolute atomic E-state index is 12.9. The van der Waals surface area contributed by atoms with E-state index in [1.54, 1.807) is 0 Å². The van der Waals surface area contributed by atoms with Crippen molar-refractivity contribution in [1.29, 1.82) is 0 Å². The summed E-state index contributed by atoms with van der Waals surface area (Å²) in [4.78, 5) is 0. The summed E-state index contributed by atoms with van der Waals surface area (Å²) in [5.74, 6) is 2.38. The molecule has 2 heteroatoms. The molecule has 0 fully saturated rings. The van der Waals surface area contributed by atoms with E-state index in [1.807, 2.05) is 30.3 Å². The lowest BCUT2D eigenvalue weighted by atomic mass is 9.99. The van der Waals surface area contributed by atoms with Gasteiger partial charge in [0, 0.05) is 6.04 Å². The smallest absolute Gasteiger partial charge is 0.123 e. The van der Waals surface area contributed by atoms with E-state index in [4.69, 9.17) is 6.42 Å². The van der Waals surface area contributed by atoms with Gasteiger partial charge in [0.25, 0.3) is 0 Å². The Morgan fingerprint density at radius 1 is 1.05 bits per heavy atom. The van der Waals surface area contributed by atoms with Crippen LogP contribution in [0.25, 0.3) is 0 Å². The Labute approximate surface area is 113 Å². The van der Waals surface area contributed by atoms with Crippen LogP contribution < -0.4 is 5.32 Å². The second kappa shape index (κ2) is 6.72. The minimum Gasteiger partial charge on any atom is -0.299 e. The molecule has 96 valence electrons. The van der Waals surface area contributed by atoms with Crippen LogP contribution in [0, 0.1) is 18.2 Å². The van der Waals surface area contributed by atoms with Crippen LogP contribution in [0.2, 0.25) is 0 Å². The van der Waals surface area contributed by atoms with Crippen molar-refractivity contribution in [3.63, 3.8) is 0 Å². The average Bonchev–Trinajstić information content (AvgIpc) is 2.46. The highest BCUT2D eigenvalue weighted by Crippen LogP contribution is 2.18. The number of hydrogen-bond acceptors (Lipinski definition) is 1. The molecule has 0 spiro atoms. The van der Waals surface area contributed by atoms with E-state index in [1.165, 1.54) is 17.7 Å². The van der Waals surface area contributed by atoms with Gasteiger partial charge in [-0.25, -0.2) is 4.39 Å². The van der Waals surface area contributed by atoms with Gasteiger partial charge in [0.1, 0.15) is 5.82 Å². The molecule has 19 heavy (non-hydrogen) atoms. The molecule has 0 bridgehead atoms. The summed E-state index contributed by atoms with van der Waals surface area (Å²) in [5, 5.41) is 3.32. The standard InChI is InChI=1S/C17H16FN/c1-2-12-19-17(15-6-4-3-5-7-15)13-14-8-10-16(18)11-9-14/h1,3-11,17,19H,12-13H2. The predicted octanol–water partition coefficient (Wildman–Crippen LogP) is 3.33. The molecule has 0 saturated carbocycles. The molecule has 1 nitrogen and oxygen atoms in total. The van der Waals surface area contributed by atoms with Crippen LogP contribution in [0.1, 0.15) is 17.2 Å². The maximum Gasteiger partial charge on any atom is 0.123 e. The van der Waals surface area contributed by atoms with Crippen molar-refractivity contribution in [2.75, 3.05) is 6.54 Å². The lowest BCUT2D eigenvalue weighted by molar-refractivity contribution is 0.567. The van der Waals surface area contributed by atoms with Crippen molar-refractivity contribution >= 4 is 0 Å². The molecular weight excluding hydrogens is 237 g/mol. The quantitative estimate of drug-likeness (QED) is 0.806. The fourth-order valence-corrected chi connectivity index (χ4v) is 2.03. The van der Waals surface area contributed by atoms with Gasteiger partial charge < -0.3 is 0 Å². The van der Waals surface area contributed by atoms with E-state index in [-0.39, 0.29) is 11.9 Å². The molecule has 0 aliphatic rings. The van der Waals surface area contributed by atoms with Gasteiger partial charge in [-0.05, 0) is 29.7 Å². The number of terminal acetylenes is 1. The first-order valence-corrected chi connectivity index (χ1v) is 6.26. The summed E-state index contributed by atoms with van der Waals surface area (Å²) in [6.45, 7) is 0.515. The first-order chi connectivity index (χ1) is 9.29. The summed E-state index contributed by atoms with van der Waals surface area (Å²) >= 11 is 0. The van der Waals surface area contributed by atoms with Gasteiger partial charge in [-0.15, -0.1) is 6.42 Å². The zero-order valence-electron chi connectivity index (χ0n) is 10.6. The van der Waals surface area contributed by atoms with Crippen LogP contribution in [0.5, 0.6) is 0 Å². The molecule has 0 saturated heterocycles. The molecule has 0 radical (unpaired) electrons. The van der Waals surface area contributed by atoms with Gasteiger partial charge in [0.15, 0.2) is 0 Å². The van der Waals surface area contributed by atoms with Crippen LogP contribution in [-0.2, 0) is 6.42 Å². The highest BCUT2D eigenvalue weighted by Gasteiger charge is 2.10. The Bertz CT molecular complexity index is 540. The lowest BCUT2D eigenvalue weighted by Crippen LogP contribution is -2.23. The van der Waals surface area contributed by atoms with E-state index in [0.29, 0.717) is 6.54 Å². The Morgan fingerprint density at radius 2 is 1.74 bits per heavy atom. The van der Waals surface area contributed by atoms with E-state index >= 15 is 0 Å². The molecule has 0 heterocycles. The molecule has 0 aromatic heterocycles. The number of nitrogens with one attached hydrogen (secondary N) is 1. The van der Waals surface area contributed by atoms with E-state index < -0.39 is 0 Å². The van der Waals surface area contributed by atoms with Gasteiger partial charge in [-0.3, -0.25) is 5.32 Å². The van der Waals surface area contributed by atoms with E-state index in [2.05, 4.69) is 23.4 Å². The third-order valence-corrected chi connectivity index (χ3v) is 3.01. The van der Waals surface area contributed by atoms with Crippen LogP contribution >= 0.6 is 0 Å². The van der Waals surface area contributed by atoms with Crippen molar-refractivity contribution in [1.82, 2.24) is 5.32 Å². The van der Waals surface area contributed by atoms with Crippen molar-refractivity contribution in [2.45, 2.75) is 12.5 Å². The summed E-state index contributed by atoms with van der Waals surface area (Å²) in [6, 6.07) is 16.9. The zero-order valence-corrected chi connectivity index (χ0v) is 10.6. The molecule has 1 unspecified atom stereocenters. The topological polar surface area (TPSA) is 12.0 Å². The number of rotatable bonds is 5. The van der Waals surface area contributed by atoms with Crippen molar-refractivity contribution in [2.24, 2.45) is 0 Å². The normalized spacial score (nSPS) is 11.8. The fraction of sp³-hybridized carbons (Fsp3) is 0.176. The highest BCUT2D eigenvalue weighted by molar-refractivity contribution is 5.24. The number of halogens is 1. The summed E-state index contributed by atoms with van der Waals surface area (Å²) < 4.78 is 12.9. The zero-order chi connectivity index (χ0) is 13.5.